The molecule has 0 aliphatic carbocycles. The van der Waals surface area contributed by atoms with Crippen LogP contribution in [0.3, 0.4) is 0 Å². The molecule has 0 amide bonds. The zero-order chi connectivity index (χ0) is 6.69. The highest BCUT2D eigenvalue weighted by atomic mass is 79.9. The molecule has 0 radical (unpaired) electrons. The molecule has 0 atom stereocenters. The van der Waals surface area contributed by atoms with Gasteiger partial charge in [-0.25, -0.2) is 0 Å². The standard InChI is InChI=1S/C6H6N.BrH.Mg/c1-6-2-4-7-5-3-6;;/h2,4-5H,1H3;1H;/q;;+1/p-1. The number of nitrogens with zero attached hydrogens (tertiary/aromatic N) is 1. The van der Waals surface area contributed by atoms with Crippen molar-refractivity contribution in [1.29, 1.82) is 0 Å². The van der Waals surface area contributed by atoms with Crippen LogP contribution in [0.1, 0.15) is 5.56 Å². The fourth-order valence-corrected chi connectivity index (χ4v) is 2.90. The van der Waals surface area contributed by atoms with Crippen LogP contribution in [0, 0.1) is 6.92 Å². The molecule has 0 N–H and O–H groups in total. The second kappa shape index (κ2) is 3.54. The number of hydrogen-bond donors (Lipinski definition) is 0. The number of pyridine rings is 1. The molecular formula is C6H6BrMgN. The molecule has 1 nitrogen and oxygen atoms in total. The Labute approximate surface area is 70.5 Å². The summed E-state index contributed by atoms with van der Waals surface area (Å²) in [6, 6.07) is 2.05. The Bertz CT molecular complexity index is 202. The van der Waals surface area contributed by atoms with Crippen LogP contribution in [-0.2, 0) is 0 Å². The van der Waals surface area contributed by atoms with Crippen molar-refractivity contribution in [1.82, 2.24) is 4.98 Å². The van der Waals surface area contributed by atoms with Gasteiger partial charge in [-0.15, -0.1) is 3.69 Å². The molecule has 44 valence electrons. The molecule has 1 aromatic rings. The summed E-state index contributed by atoms with van der Waals surface area (Å²) in [5.41, 5.74) is 1.36. The third-order valence-corrected chi connectivity index (χ3v) is 4.13. The lowest BCUT2D eigenvalue weighted by molar-refractivity contribution is 1.31. The predicted octanol–water partition coefficient (Wildman–Crippen LogP) is 1.03. The Balaban J connectivity index is 3.01. The first-order valence-electron chi connectivity index (χ1n) is 2.80. The first-order valence-corrected chi connectivity index (χ1v) is 7.40. The van der Waals surface area contributed by atoms with Crippen molar-refractivity contribution < 1.29 is 0 Å². The number of hydrogen-bond acceptors (Lipinski definition) is 1. The van der Waals surface area contributed by atoms with Gasteiger partial charge in [0.25, 0.3) is 0 Å². The fraction of sp³-hybridized carbons (Fsp3) is 0.167. The van der Waals surface area contributed by atoms with Crippen molar-refractivity contribution in [3.8, 4) is 0 Å². The van der Waals surface area contributed by atoms with E-state index < -0.39 is 0 Å². The van der Waals surface area contributed by atoms with Gasteiger partial charge in [-0.3, -0.25) is 17.9 Å². The summed E-state index contributed by atoms with van der Waals surface area (Å²) in [5.74, 6) is 0. The summed E-state index contributed by atoms with van der Waals surface area (Å²) >= 11 is 3.32. The van der Waals surface area contributed by atoms with E-state index in [-0.39, 0.29) is 18.2 Å². The molecule has 0 saturated heterocycles. The smallest absolute Gasteiger partial charge is 0.296 e. The van der Waals surface area contributed by atoms with Crippen molar-refractivity contribution in [2.75, 3.05) is 0 Å². The maximum atomic E-state index is 4.02. The molecule has 0 fully saturated rings. The minimum atomic E-state index is -0.188. The third-order valence-electron chi connectivity index (χ3n) is 1.29. The van der Waals surface area contributed by atoms with Crippen molar-refractivity contribution >= 4 is 34.8 Å². The molecule has 1 rings (SSSR count). The summed E-state index contributed by atoms with van der Waals surface area (Å²) in [5, 5.41) is 0. The topological polar surface area (TPSA) is 12.9 Å². The van der Waals surface area contributed by atoms with Gasteiger partial charge >= 0.3 is 18.2 Å². The van der Waals surface area contributed by atoms with Crippen LogP contribution in [0.5, 0.6) is 0 Å². The van der Waals surface area contributed by atoms with Gasteiger partial charge < -0.3 is 0 Å². The van der Waals surface area contributed by atoms with E-state index >= 15 is 0 Å². The van der Waals surface area contributed by atoms with Crippen LogP contribution in [0.15, 0.2) is 18.5 Å². The van der Waals surface area contributed by atoms with E-state index in [0.29, 0.717) is 0 Å². The Hall–Kier alpha value is 0.396. The molecule has 0 aromatic carbocycles. The monoisotopic (exact) mass is 195 g/mol. The first kappa shape index (κ1) is 7.50. The largest absolute Gasteiger partial charge is 0.509 e. The van der Waals surface area contributed by atoms with Gasteiger partial charge in [-0.2, -0.15) is 0 Å². The predicted molar refractivity (Wildman–Crippen MR) is 43.3 cm³/mol. The maximum absolute atomic E-state index is 4.02. The van der Waals surface area contributed by atoms with Crippen LogP contribution >= 0.6 is 12.9 Å². The molecule has 0 saturated carbocycles. The van der Waals surface area contributed by atoms with Gasteiger partial charge in [0.1, 0.15) is 0 Å². The zero-order valence-corrected chi connectivity index (χ0v) is 8.26. The van der Waals surface area contributed by atoms with Crippen molar-refractivity contribution in [2.24, 2.45) is 0 Å². The summed E-state index contributed by atoms with van der Waals surface area (Å²) in [6.07, 6.45) is 3.77. The molecular weight excluding hydrogens is 190 g/mol. The second-order valence-electron chi connectivity index (χ2n) is 1.94. The Morgan fingerprint density at radius 3 is 2.89 bits per heavy atom. The summed E-state index contributed by atoms with van der Waals surface area (Å²) < 4.78 is 1.40. The average molecular weight is 196 g/mol. The number of halogens is 1. The molecule has 1 aromatic heterocycles. The van der Waals surface area contributed by atoms with E-state index in [4.69, 9.17) is 0 Å². The normalized spacial score (nSPS) is 8.67. The van der Waals surface area contributed by atoms with Crippen LogP contribution in [0.4, 0.5) is 0 Å². The minimum absolute atomic E-state index is 0.188. The van der Waals surface area contributed by atoms with Crippen LogP contribution in [0.25, 0.3) is 0 Å². The first-order chi connectivity index (χ1) is 4.34. The molecule has 0 unspecified atom stereocenters. The number of rotatable bonds is 1. The van der Waals surface area contributed by atoms with Crippen LogP contribution in [-0.4, -0.2) is 23.2 Å². The van der Waals surface area contributed by atoms with E-state index in [1.807, 2.05) is 18.5 Å². The molecule has 0 bridgehead atoms. The lowest BCUT2D eigenvalue weighted by Crippen LogP contribution is -2.12. The quantitative estimate of drug-likeness (QED) is 0.611. The van der Waals surface area contributed by atoms with E-state index in [2.05, 4.69) is 24.8 Å². The highest BCUT2D eigenvalue weighted by Gasteiger charge is 1.96. The lowest BCUT2D eigenvalue weighted by atomic mass is 10.3. The van der Waals surface area contributed by atoms with E-state index in [1.165, 1.54) is 9.26 Å². The minimum Gasteiger partial charge on any atom is -0.296 e. The number of aryl methyl sites for hydroxylation is 1. The third kappa shape index (κ3) is 1.91. The van der Waals surface area contributed by atoms with Crippen molar-refractivity contribution in [2.45, 2.75) is 6.92 Å². The molecule has 9 heavy (non-hydrogen) atoms. The van der Waals surface area contributed by atoms with Gasteiger partial charge in [0.05, 0.1) is 0 Å². The Kier molecular flexibility index (Phi) is 2.95. The summed E-state index contributed by atoms with van der Waals surface area (Å²) in [7, 11) is 0. The van der Waals surface area contributed by atoms with Gasteiger partial charge in [0.2, 0.25) is 0 Å². The highest BCUT2D eigenvalue weighted by molar-refractivity contribution is 9.23. The van der Waals surface area contributed by atoms with E-state index in [9.17, 15) is 0 Å². The molecule has 1 heterocycles. The van der Waals surface area contributed by atoms with Crippen molar-refractivity contribution in [3.05, 3.63) is 24.0 Å². The summed E-state index contributed by atoms with van der Waals surface area (Å²) in [6.45, 7) is 2.12. The lowest BCUT2D eigenvalue weighted by Gasteiger charge is -1.96. The second-order valence-corrected chi connectivity index (χ2v) is 4.65. The molecule has 0 aliphatic rings. The maximum Gasteiger partial charge on any atom is 0.509 e. The highest BCUT2D eigenvalue weighted by Crippen LogP contribution is 1.90. The molecule has 0 spiro atoms. The fourth-order valence-electron chi connectivity index (χ4n) is 0.637. The molecule has 0 aliphatic heterocycles. The zero-order valence-electron chi connectivity index (χ0n) is 5.26. The van der Waals surface area contributed by atoms with Crippen LogP contribution < -0.4 is 3.69 Å². The Morgan fingerprint density at radius 1 is 1.67 bits per heavy atom. The molecule has 3 heteroatoms. The SMILES string of the molecule is Cc1ccnc[c]1[Mg][Br]. The van der Waals surface area contributed by atoms with E-state index in [1.54, 1.807) is 0 Å². The van der Waals surface area contributed by atoms with Gasteiger partial charge in [-0.05, 0) is 13.0 Å². The Morgan fingerprint density at radius 2 is 2.44 bits per heavy atom. The van der Waals surface area contributed by atoms with Crippen LogP contribution in [0.2, 0.25) is 0 Å². The van der Waals surface area contributed by atoms with E-state index in [0.717, 1.165) is 0 Å². The number of aromatic nitrogens is 1. The van der Waals surface area contributed by atoms with Gasteiger partial charge in [-0.1, -0.05) is 5.56 Å². The van der Waals surface area contributed by atoms with Gasteiger partial charge in [0.15, 0.2) is 0 Å². The van der Waals surface area contributed by atoms with Crippen molar-refractivity contribution in [3.63, 3.8) is 0 Å². The average Bonchev–Trinajstić information content (AvgIpc) is 1.89. The van der Waals surface area contributed by atoms with Gasteiger partial charge in [0, 0.05) is 12.4 Å². The summed E-state index contributed by atoms with van der Waals surface area (Å²) in [4.78, 5) is 4.02.